The molecule has 0 atom stereocenters. The van der Waals surface area contributed by atoms with Crippen LogP contribution in [-0.4, -0.2) is 111 Å². The largest absolute Gasteiger partial charge is 1.00 e. The number of nitrogens with one attached hydrogen (secondary N) is 1. The Morgan fingerprint density at radius 1 is 0.623 bits per heavy atom. The van der Waals surface area contributed by atoms with Crippen LogP contribution in [0.4, 0.5) is 17.1 Å². The smallest absolute Gasteiger partial charge is 0.301 e. The van der Waals surface area contributed by atoms with Crippen molar-refractivity contribution < 1.29 is 51.7 Å². The molecule has 0 saturated carbocycles. The van der Waals surface area contributed by atoms with Crippen molar-refractivity contribution in [2.45, 2.75) is 18.6 Å². The topological polar surface area (TPSA) is 200 Å². The number of nitrogens with zero attached hydrogens (tertiary/aromatic N) is 4. The number of nitrogens with two attached hydrogens (primary N) is 2. The van der Waals surface area contributed by atoms with Gasteiger partial charge in [-0.2, -0.15) is 8.42 Å². The summed E-state index contributed by atoms with van der Waals surface area (Å²) in [5.74, 6) is 1.60. The number of rotatable bonds is 19. The van der Waals surface area contributed by atoms with Gasteiger partial charge in [-0.15, -0.1) is 3.97 Å². The Labute approximate surface area is 368 Å². The van der Waals surface area contributed by atoms with Crippen molar-refractivity contribution >= 4 is 46.9 Å². The first-order valence-corrected chi connectivity index (χ1v) is 24.8. The molecule has 61 heavy (non-hydrogen) atoms. The third kappa shape index (κ3) is 23.1. The lowest BCUT2D eigenvalue weighted by Gasteiger charge is -2.17. The molecule has 0 unspecified atom stereocenters. The van der Waals surface area contributed by atoms with E-state index in [9.17, 15) is 25.3 Å². The minimum absolute atomic E-state index is 0. The Morgan fingerprint density at radius 2 is 1.03 bits per heavy atom. The number of aromatic nitrogens is 2. The van der Waals surface area contributed by atoms with Crippen molar-refractivity contribution in [2.24, 2.45) is 7.05 Å². The van der Waals surface area contributed by atoms with Gasteiger partial charge in [-0.3, -0.25) is 4.72 Å². The summed E-state index contributed by atoms with van der Waals surface area (Å²) in [4.78, 5) is 4.41. The third-order valence-corrected chi connectivity index (χ3v) is 11.1. The van der Waals surface area contributed by atoms with Crippen molar-refractivity contribution in [3.63, 3.8) is 0 Å². The van der Waals surface area contributed by atoms with E-state index in [1.807, 2.05) is 55.6 Å². The molecule has 1 heterocycles. The predicted molar refractivity (Wildman–Crippen MR) is 241 cm³/mol. The van der Waals surface area contributed by atoms with Crippen LogP contribution in [0.2, 0.25) is 0 Å². The lowest BCUT2D eigenvalue weighted by molar-refractivity contribution is -0.670. The molecule has 19 heteroatoms. The van der Waals surface area contributed by atoms with Crippen LogP contribution in [0.5, 0.6) is 11.5 Å². The number of likely N-dealkylation sites (N-methyl/N-ethyl adjacent to an activating group) is 2. The molecule has 0 aliphatic rings. The summed E-state index contributed by atoms with van der Waals surface area (Å²) in [5, 5.41) is 0. The van der Waals surface area contributed by atoms with E-state index >= 15 is 0 Å². The van der Waals surface area contributed by atoms with Crippen LogP contribution in [0.15, 0.2) is 116 Å². The van der Waals surface area contributed by atoms with Crippen molar-refractivity contribution in [3.8, 4) is 11.5 Å². The zero-order valence-electron chi connectivity index (χ0n) is 35.6. The molecular formula is C42H60ClN7O8S3. The average Bonchev–Trinajstić information content (AvgIpc) is 3.62. The fourth-order valence-electron chi connectivity index (χ4n) is 5.31. The van der Waals surface area contributed by atoms with Crippen LogP contribution < -0.4 is 42.6 Å². The molecule has 336 valence electrons. The highest BCUT2D eigenvalue weighted by molar-refractivity contribution is 7.92. The molecule has 5 rings (SSSR count). The van der Waals surface area contributed by atoms with Crippen LogP contribution in [0.3, 0.4) is 0 Å². The van der Waals surface area contributed by atoms with Gasteiger partial charge in [0.25, 0.3) is 6.33 Å². The van der Waals surface area contributed by atoms with Gasteiger partial charge in [0, 0.05) is 49.5 Å². The second-order valence-corrected chi connectivity index (χ2v) is 20.3. The lowest BCUT2D eigenvalue weighted by atomic mass is 10.1. The van der Waals surface area contributed by atoms with Gasteiger partial charge in [-0.25, -0.2) is 21.4 Å². The van der Waals surface area contributed by atoms with Crippen LogP contribution in [0.25, 0.3) is 0 Å². The minimum atomic E-state index is -3.26. The van der Waals surface area contributed by atoms with Crippen LogP contribution >= 0.6 is 0 Å². The SMILES string of the molecule is CN(CCOc1ccc(CS(C)(=O)=O)cc1)CCc1ccc(NS(C)(=O)=O)cc1.CN(CCOc1ccc(N)cc1)CCc1ccc(N)cc1.C[n+]1ccn(S(C)(=O)=O)c1.[Cl-]. The number of imidazole rings is 1. The Morgan fingerprint density at radius 3 is 1.41 bits per heavy atom. The van der Waals surface area contributed by atoms with Crippen molar-refractivity contribution in [3.05, 3.63) is 132 Å². The van der Waals surface area contributed by atoms with E-state index in [1.165, 1.54) is 24.3 Å². The molecule has 5 N–H and O–H groups in total. The molecular weight excluding hydrogens is 862 g/mol. The minimum Gasteiger partial charge on any atom is -1.00 e. The van der Waals surface area contributed by atoms with E-state index in [4.69, 9.17) is 20.9 Å². The molecule has 0 bridgehead atoms. The molecule has 0 fully saturated rings. The number of aryl methyl sites for hydroxylation is 1. The summed E-state index contributed by atoms with van der Waals surface area (Å²) in [7, 11) is -3.50. The summed E-state index contributed by atoms with van der Waals surface area (Å²) < 4.78 is 83.3. The van der Waals surface area contributed by atoms with Gasteiger partial charge in [-0.1, -0.05) is 36.4 Å². The number of halogens is 1. The zero-order valence-corrected chi connectivity index (χ0v) is 38.9. The number of hydrogen-bond acceptors (Lipinski definition) is 12. The molecule has 0 saturated heterocycles. The van der Waals surface area contributed by atoms with Gasteiger partial charge in [0.1, 0.15) is 37.1 Å². The van der Waals surface area contributed by atoms with E-state index in [0.717, 1.165) is 83.8 Å². The van der Waals surface area contributed by atoms with Gasteiger partial charge in [-0.05, 0) is 104 Å². The Bertz CT molecular complexity index is 2370. The summed E-state index contributed by atoms with van der Waals surface area (Å²) in [5.41, 5.74) is 16.6. The fourth-order valence-corrected chi connectivity index (χ4v) is 7.27. The first kappa shape index (κ1) is 52.3. The Kier molecular flexibility index (Phi) is 21.6. The number of sulfonamides is 1. The first-order chi connectivity index (χ1) is 28.1. The van der Waals surface area contributed by atoms with Crippen molar-refractivity contribution in [1.82, 2.24) is 13.8 Å². The summed E-state index contributed by atoms with van der Waals surface area (Å²) >= 11 is 0. The highest BCUT2D eigenvalue weighted by Gasteiger charge is 2.11. The summed E-state index contributed by atoms with van der Waals surface area (Å²) in [6.45, 7) is 4.67. The highest BCUT2D eigenvalue weighted by atomic mass is 35.5. The predicted octanol–water partition coefficient (Wildman–Crippen LogP) is 0.685. The van der Waals surface area contributed by atoms with E-state index < -0.39 is 29.9 Å². The maximum Gasteiger partial charge on any atom is 0.301 e. The second-order valence-electron chi connectivity index (χ2n) is 14.6. The number of sulfone groups is 1. The summed E-state index contributed by atoms with van der Waals surface area (Å²) in [6.07, 6.45) is 10.0. The van der Waals surface area contributed by atoms with Gasteiger partial charge in [0.2, 0.25) is 10.0 Å². The van der Waals surface area contributed by atoms with Crippen molar-refractivity contribution in [1.29, 1.82) is 0 Å². The molecule has 0 amide bonds. The van der Waals surface area contributed by atoms with Gasteiger partial charge in [0.15, 0.2) is 9.84 Å². The van der Waals surface area contributed by atoms with Gasteiger partial charge >= 0.3 is 10.0 Å². The lowest BCUT2D eigenvalue weighted by Crippen LogP contribution is -3.00. The molecule has 0 radical (unpaired) electrons. The number of hydrogen-bond donors (Lipinski definition) is 3. The Hall–Kier alpha value is -4.85. The van der Waals surface area contributed by atoms with Crippen LogP contribution in [0, 0.1) is 0 Å². The molecule has 15 nitrogen and oxygen atoms in total. The van der Waals surface area contributed by atoms with Crippen LogP contribution in [0.1, 0.15) is 16.7 Å². The number of benzene rings is 4. The molecule has 1 aromatic heterocycles. The van der Waals surface area contributed by atoms with Gasteiger partial charge < -0.3 is 43.1 Å². The standard InChI is InChI=1S/C20H28N2O5S2.C17H23N3O.C5H9N2O2S.ClH/c1-22(13-12-17-4-8-19(9-5-17)21-29(3,25)26)14-15-27-20-10-6-18(7-11-20)16-28(2,23)24;1-20(11-10-14-2-4-15(18)5-3-14)12-13-21-17-8-6-16(19)7-9-17;1-6-3-4-7(5-6)10(2,8)9;/h4-11,21H,12-16H2,1-3H3;2-9H,10-13,18-19H2,1H3;3-5H,1-2H3;1H/q;;+1;/p-1. The van der Waals surface area contributed by atoms with E-state index in [0.29, 0.717) is 24.7 Å². The van der Waals surface area contributed by atoms with E-state index in [1.54, 1.807) is 54.2 Å². The molecule has 4 aromatic carbocycles. The molecule has 0 spiro atoms. The number of ether oxygens (including phenoxy) is 2. The quantitative estimate of drug-likeness (QED) is 0.0775. The maximum absolute atomic E-state index is 11.3. The second kappa shape index (κ2) is 25.2. The van der Waals surface area contributed by atoms with E-state index in [2.05, 4.69) is 33.7 Å². The molecule has 0 aliphatic carbocycles. The number of anilines is 3. The maximum atomic E-state index is 11.3. The third-order valence-electron chi connectivity index (χ3n) is 8.64. The highest BCUT2D eigenvalue weighted by Crippen LogP contribution is 2.15. The monoisotopic (exact) mass is 921 g/mol. The molecule has 5 aromatic rings. The van der Waals surface area contributed by atoms with E-state index in [-0.39, 0.29) is 18.2 Å². The number of nitrogen functional groups attached to an aromatic ring is 2. The zero-order chi connectivity index (χ0) is 44.3. The first-order valence-electron chi connectivity index (χ1n) is 19.0. The molecule has 0 aliphatic heterocycles. The van der Waals surface area contributed by atoms with Crippen LogP contribution in [-0.2, 0) is 55.5 Å². The summed E-state index contributed by atoms with van der Waals surface area (Å²) in [6, 6.07) is 30.0. The Balaban J connectivity index is 0.000000348. The average molecular weight is 923 g/mol. The van der Waals surface area contributed by atoms with Gasteiger partial charge in [0.05, 0.1) is 25.3 Å². The normalized spacial score (nSPS) is 11.4. The van der Waals surface area contributed by atoms with Crippen molar-refractivity contribution in [2.75, 3.05) is 88.4 Å². The fraction of sp³-hybridized carbons (Fsp3) is 0.357.